The summed E-state index contributed by atoms with van der Waals surface area (Å²) in [6.45, 7) is 3.96. The average molecular weight is 814 g/mol. The molecule has 58 heavy (non-hydrogen) atoms. The first kappa shape index (κ1) is 40.2. The standard InChI is InChI=1S/C44H43N7O5S2/c1-2-45-27-32-15-19-40(20-16-32)58(55,56)51(30-33-9-4-3-5-10-33)31-34-11-8-12-36(25-34)37-23-24-46-38(26-37)28-47-44(52)35-17-21-39(22-18-35)57(53,54)48-29-43-49-41-13-6-7-14-42(41)50-43/h3-26,45,48H,2,27-31H2,1H3,(H,47,52)(H,49,50). The normalized spacial score (nSPS) is 11.9. The van der Waals surface area contributed by atoms with Crippen molar-refractivity contribution in [3.05, 3.63) is 179 Å². The summed E-state index contributed by atoms with van der Waals surface area (Å²) in [5.41, 5.74) is 6.86. The van der Waals surface area contributed by atoms with Crippen molar-refractivity contribution in [2.45, 2.75) is 49.4 Å². The first-order valence-electron chi connectivity index (χ1n) is 18.8. The van der Waals surface area contributed by atoms with Crippen molar-refractivity contribution >= 4 is 37.0 Å². The van der Waals surface area contributed by atoms with Crippen molar-refractivity contribution in [1.29, 1.82) is 0 Å². The molecule has 7 rings (SSSR count). The van der Waals surface area contributed by atoms with Gasteiger partial charge in [0.1, 0.15) is 5.82 Å². The highest BCUT2D eigenvalue weighted by Crippen LogP contribution is 2.26. The van der Waals surface area contributed by atoms with Gasteiger partial charge in [0, 0.05) is 31.4 Å². The van der Waals surface area contributed by atoms with Gasteiger partial charge in [0.2, 0.25) is 20.0 Å². The lowest BCUT2D eigenvalue weighted by Crippen LogP contribution is -2.30. The highest BCUT2D eigenvalue weighted by Gasteiger charge is 2.25. The number of para-hydroxylation sites is 2. The zero-order chi connectivity index (χ0) is 40.5. The molecule has 5 aromatic carbocycles. The number of hydrogen-bond acceptors (Lipinski definition) is 8. The summed E-state index contributed by atoms with van der Waals surface area (Å²) in [4.78, 5) is 25.3. The third-order valence-corrected chi connectivity index (χ3v) is 12.7. The Morgan fingerprint density at radius 1 is 0.672 bits per heavy atom. The van der Waals surface area contributed by atoms with Crippen LogP contribution in [0.5, 0.6) is 0 Å². The van der Waals surface area contributed by atoms with Gasteiger partial charge in [-0.15, -0.1) is 0 Å². The van der Waals surface area contributed by atoms with Crippen LogP contribution in [0.15, 0.2) is 156 Å². The minimum absolute atomic E-state index is 0.0171. The molecule has 7 aromatic rings. The summed E-state index contributed by atoms with van der Waals surface area (Å²) in [6.07, 6.45) is 1.66. The summed E-state index contributed by atoms with van der Waals surface area (Å²) < 4.78 is 58.1. The first-order valence-corrected chi connectivity index (χ1v) is 21.7. The molecule has 0 saturated heterocycles. The molecule has 0 saturated carbocycles. The quantitative estimate of drug-likeness (QED) is 0.0806. The Kier molecular flexibility index (Phi) is 12.5. The van der Waals surface area contributed by atoms with Gasteiger partial charge in [-0.25, -0.2) is 26.5 Å². The van der Waals surface area contributed by atoms with E-state index in [4.69, 9.17) is 0 Å². The Bertz CT molecular complexity index is 2690. The molecule has 0 spiro atoms. The zero-order valence-corrected chi connectivity index (χ0v) is 33.4. The number of sulfonamides is 2. The molecule has 1 amide bonds. The van der Waals surface area contributed by atoms with Crippen molar-refractivity contribution in [3.8, 4) is 11.1 Å². The molecule has 0 aliphatic heterocycles. The Labute approximate surface area is 338 Å². The van der Waals surface area contributed by atoms with Crippen LogP contribution < -0.4 is 15.4 Å². The largest absolute Gasteiger partial charge is 0.346 e. The topological polar surface area (TPSA) is 166 Å². The number of hydrogen-bond donors (Lipinski definition) is 4. The van der Waals surface area contributed by atoms with E-state index < -0.39 is 20.0 Å². The average Bonchev–Trinajstić information content (AvgIpc) is 3.68. The van der Waals surface area contributed by atoms with Crippen LogP contribution in [-0.2, 0) is 52.8 Å². The number of aromatic amines is 1. The smallest absolute Gasteiger partial charge is 0.251 e. The Morgan fingerprint density at radius 2 is 1.36 bits per heavy atom. The summed E-state index contributed by atoms with van der Waals surface area (Å²) in [6, 6.07) is 41.1. The number of nitrogens with one attached hydrogen (secondary N) is 4. The van der Waals surface area contributed by atoms with E-state index in [0.29, 0.717) is 23.6 Å². The maximum absolute atomic E-state index is 14.1. The van der Waals surface area contributed by atoms with Gasteiger partial charge < -0.3 is 15.6 Å². The molecule has 4 N–H and O–H groups in total. The molecular weight excluding hydrogens is 771 g/mol. The molecule has 0 aliphatic carbocycles. The Hall–Kier alpha value is -6.03. The SMILES string of the molecule is CCNCc1ccc(S(=O)(=O)N(Cc2ccccc2)Cc2cccc(-c3ccnc(CNC(=O)c4ccc(S(=O)(=O)NCc5nc6ccccc6[nH]5)cc4)c3)c2)cc1. The van der Waals surface area contributed by atoms with Crippen LogP contribution in [0.25, 0.3) is 22.2 Å². The molecule has 0 radical (unpaired) electrons. The number of benzene rings is 5. The highest BCUT2D eigenvalue weighted by atomic mass is 32.2. The van der Waals surface area contributed by atoms with E-state index in [-0.39, 0.29) is 41.9 Å². The predicted molar refractivity (Wildman–Crippen MR) is 224 cm³/mol. The number of nitrogens with zero attached hydrogens (tertiary/aromatic N) is 3. The highest BCUT2D eigenvalue weighted by molar-refractivity contribution is 7.89. The van der Waals surface area contributed by atoms with Crippen molar-refractivity contribution in [2.24, 2.45) is 0 Å². The van der Waals surface area contributed by atoms with Crippen molar-refractivity contribution < 1.29 is 21.6 Å². The number of imidazole rings is 1. The minimum atomic E-state index is -3.86. The van der Waals surface area contributed by atoms with Crippen LogP contribution in [0, 0.1) is 0 Å². The van der Waals surface area contributed by atoms with Crippen LogP contribution in [0.1, 0.15) is 45.5 Å². The van der Waals surface area contributed by atoms with Crippen LogP contribution in [0.4, 0.5) is 0 Å². The molecule has 0 bridgehead atoms. The first-order chi connectivity index (χ1) is 28.1. The molecular formula is C44H43N7O5S2. The van der Waals surface area contributed by atoms with Gasteiger partial charge in [-0.1, -0.05) is 79.7 Å². The van der Waals surface area contributed by atoms with E-state index >= 15 is 0 Å². The lowest BCUT2D eigenvalue weighted by molar-refractivity contribution is 0.0950. The molecule has 0 aliphatic rings. The second-order valence-corrected chi connectivity index (χ2v) is 17.4. The van der Waals surface area contributed by atoms with E-state index in [1.165, 1.54) is 28.6 Å². The fraction of sp³-hybridized carbons (Fsp3) is 0.159. The summed E-state index contributed by atoms with van der Waals surface area (Å²) >= 11 is 0. The van der Waals surface area contributed by atoms with E-state index in [0.717, 1.165) is 45.4 Å². The second-order valence-electron chi connectivity index (χ2n) is 13.7. The molecule has 0 fully saturated rings. The maximum atomic E-state index is 14.1. The second kappa shape index (κ2) is 18.1. The fourth-order valence-corrected chi connectivity index (χ4v) is 8.82. The van der Waals surface area contributed by atoms with E-state index in [1.807, 2.05) is 110 Å². The number of pyridine rings is 1. The van der Waals surface area contributed by atoms with E-state index in [1.54, 1.807) is 18.3 Å². The van der Waals surface area contributed by atoms with Gasteiger partial charge >= 0.3 is 0 Å². The minimum Gasteiger partial charge on any atom is -0.346 e. The fourth-order valence-electron chi connectivity index (χ4n) is 6.41. The third-order valence-electron chi connectivity index (χ3n) is 9.50. The van der Waals surface area contributed by atoms with Gasteiger partial charge in [0.05, 0.1) is 39.6 Å². The number of rotatable bonds is 17. The molecule has 12 nitrogen and oxygen atoms in total. The van der Waals surface area contributed by atoms with Gasteiger partial charge in [0.25, 0.3) is 5.91 Å². The van der Waals surface area contributed by atoms with Crippen molar-refractivity contribution in [2.75, 3.05) is 6.54 Å². The van der Waals surface area contributed by atoms with E-state index in [9.17, 15) is 21.6 Å². The van der Waals surface area contributed by atoms with Crippen molar-refractivity contribution in [3.63, 3.8) is 0 Å². The Balaban J connectivity index is 1.00. The molecule has 0 atom stereocenters. The molecule has 296 valence electrons. The van der Waals surface area contributed by atoms with Crippen LogP contribution in [0.2, 0.25) is 0 Å². The van der Waals surface area contributed by atoms with Gasteiger partial charge in [-0.05, 0) is 101 Å². The van der Waals surface area contributed by atoms with Gasteiger partial charge in [-0.2, -0.15) is 4.31 Å². The summed E-state index contributed by atoms with van der Waals surface area (Å²) in [5.74, 6) is 0.0978. The van der Waals surface area contributed by atoms with Crippen molar-refractivity contribution in [1.82, 2.24) is 34.6 Å². The summed E-state index contributed by atoms with van der Waals surface area (Å²) in [5, 5.41) is 6.13. The predicted octanol–water partition coefficient (Wildman–Crippen LogP) is 6.53. The lowest BCUT2D eigenvalue weighted by atomic mass is 10.0. The zero-order valence-electron chi connectivity index (χ0n) is 31.8. The molecule has 2 heterocycles. The number of amides is 1. The molecule has 2 aromatic heterocycles. The summed E-state index contributed by atoms with van der Waals surface area (Å²) in [7, 11) is -7.72. The van der Waals surface area contributed by atoms with Crippen LogP contribution in [-0.4, -0.2) is 48.5 Å². The number of H-pyrrole nitrogens is 1. The van der Waals surface area contributed by atoms with Gasteiger partial charge in [0.15, 0.2) is 0 Å². The van der Waals surface area contributed by atoms with Crippen LogP contribution >= 0.6 is 0 Å². The van der Waals surface area contributed by atoms with Crippen LogP contribution in [0.3, 0.4) is 0 Å². The number of carbonyl (C=O) groups excluding carboxylic acids is 1. The molecule has 0 unspecified atom stereocenters. The monoisotopic (exact) mass is 813 g/mol. The van der Waals surface area contributed by atoms with Gasteiger partial charge in [-0.3, -0.25) is 9.78 Å². The molecule has 14 heteroatoms. The Morgan fingerprint density at radius 3 is 2.12 bits per heavy atom. The number of fused-ring (bicyclic) bond motifs is 1. The lowest BCUT2D eigenvalue weighted by Gasteiger charge is -2.23. The van der Waals surface area contributed by atoms with E-state index in [2.05, 4.69) is 30.3 Å². The number of carbonyl (C=O) groups is 1. The maximum Gasteiger partial charge on any atom is 0.251 e. The number of aromatic nitrogens is 3. The third kappa shape index (κ3) is 9.91.